The standard InChI is InChI=1S/C11H22N2O/c1-13-7-4-11(5-8-13,6-9-14)12-10-2-3-10/h10,12,14H,2-9H2,1H3. The Morgan fingerprint density at radius 2 is 2.00 bits per heavy atom. The molecule has 1 aliphatic carbocycles. The number of likely N-dealkylation sites (tertiary alicyclic amines) is 1. The van der Waals surface area contributed by atoms with Crippen LogP contribution < -0.4 is 5.32 Å². The zero-order chi connectivity index (χ0) is 10.0. The van der Waals surface area contributed by atoms with E-state index in [-0.39, 0.29) is 5.54 Å². The van der Waals surface area contributed by atoms with Gasteiger partial charge in [0.25, 0.3) is 0 Å². The van der Waals surface area contributed by atoms with E-state index in [2.05, 4.69) is 17.3 Å². The number of hydrogen-bond acceptors (Lipinski definition) is 3. The van der Waals surface area contributed by atoms with E-state index in [1.165, 1.54) is 38.8 Å². The van der Waals surface area contributed by atoms with E-state index >= 15 is 0 Å². The highest BCUT2D eigenvalue weighted by molar-refractivity contribution is 4.98. The van der Waals surface area contributed by atoms with Gasteiger partial charge in [-0.2, -0.15) is 0 Å². The minimum atomic E-state index is 0.252. The Bertz CT molecular complexity index is 184. The maximum atomic E-state index is 9.13. The van der Waals surface area contributed by atoms with Crippen molar-refractivity contribution in [1.29, 1.82) is 0 Å². The molecule has 0 aromatic heterocycles. The van der Waals surface area contributed by atoms with Crippen LogP contribution in [0.4, 0.5) is 0 Å². The van der Waals surface area contributed by atoms with Gasteiger partial charge >= 0.3 is 0 Å². The van der Waals surface area contributed by atoms with Crippen molar-refractivity contribution in [2.24, 2.45) is 0 Å². The fraction of sp³-hybridized carbons (Fsp3) is 1.00. The lowest BCUT2D eigenvalue weighted by Crippen LogP contribution is -2.53. The minimum absolute atomic E-state index is 0.252. The predicted molar refractivity (Wildman–Crippen MR) is 57.3 cm³/mol. The average Bonchev–Trinajstić information content (AvgIpc) is 2.95. The summed E-state index contributed by atoms with van der Waals surface area (Å²) >= 11 is 0. The van der Waals surface area contributed by atoms with Crippen LogP contribution in [0.15, 0.2) is 0 Å². The Balaban J connectivity index is 1.90. The lowest BCUT2D eigenvalue weighted by molar-refractivity contribution is 0.121. The average molecular weight is 198 g/mol. The zero-order valence-corrected chi connectivity index (χ0v) is 9.13. The van der Waals surface area contributed by atoms with Crippen LogP contribution in [0.25, 0.3) is 0 Å². The molecule has 0 bridgehead atoms. The third-order valence-corrected chi connectivity index (χ3v) is 3.62. The fourth-order valence-corrected chi connectivity index (χ4v) is 2.39. The molecule has 1 saturated heterocycles. The molecule has 1 aliphatic heterocycles. The molecule has 82 valence electrons. The first kappa shape index (κ1) is 10.4. The third-order valence-electron chi connectivity index (χ3n) is 3.62. The molecule has 0 atom stereocenters. The molecule has 0 radical (unpaired) electrons. The molecular formula is C11H22N2O. The molecule has 2 N–H and O–H groups in total. The molecule has 0 spiro atoms. The summed E-state index contributed by atoms with van der Waals surface area (Å²) in [5, 5.41) is 12.9. The van der Waals surface area contributed by atoms with Gasteiger partial charge in [0.05, 0.1) is 0 Å². The van der Waals surface area contributed by atoms with Crippen molar-refractivity contribution in [1.82, 2.24) is 10.2 Å². The number of aliphatic hydroxyl groups is 1. The molecule has 2 aliphatic rings. The van der Waals surface area contributed by atoms with Gasteiger partial charge in [-0.1, -0.05) is 0 Å². The number of piperidine rings is 1. The van der Waals surface area contributed by atoms with Gasteiger partial charge in [0, 0.05) is 18.2 Å². The number of nitrogens with zero attached hydrogens (tertiary/aromatic N) is 1. The van der Waals surface area contributed by atoms with E-state index in [9.17, 15) is 0 Å². The molecule has 3 heteroatoms. The van der Waals surface area contributed by atoms with Crippen molar-refractivity contribution >= 4 is 0 Å². The Morgan fingerprint density at radius 3 is 2.50 bits per heavy atom. The highest BCUT2D eigenvalue weighted by atomic mass is 16.3. The van der Waals surface area contributed by atoms with Crippen LogP contribution >= 0.6 is 0 Å². The second-order valence-corrected chi connectivity index (χ2v) is 4.98. The fourth-order valence-electron chi connectivity index (χ4n) is 2.39. The minimum Gasteiger partial charge on any atom is -0.396 e. The van der Waals surface area contributed by atoms with Crippen LogP contribution in [0.5, 0.6) is 0 Å². The highest BCUT2D eigenvalue weighted by Crippen LogP contribution is 2.30. The van der Waals surface area contributed by atoms with Gasteiger partial charge in [0.15, 0.2) is 0 Å². The van der Waals surface area contributed by atoms with Gasteiger partial charge in [-0.3, -0.25) is 0 Å². The summed E-state index contributed by atoms with van der Waals surface area (Å²) < 4.78 is 0. The molecule has 0 aromatic rings. The van der Waals surface area contributed by atoms with Gasteiger partial charge in [-0.15, -0.1) is 0 Å². The number of rotatable bonds is 4. The second kappa shape index (κ2) is 4.17. The topological polar surface area (TPSA) is 35.5 Å². The van der Waals surface area contributed by atoms with Crippen molar-refractivity contribution < 1.29 is 5.11 Å². The molecule has 0 aromatic carbocycles. The molecule has 3 nitrogen and oxygen atoms in total. The Kier molecular flexibility index (Phi) is 3.10. The van der Waals surface area contributed by atoms with Gasteiger partial charge in [-0.25, -0.2) is 0 Å². The SMILES string of the molecule is CN1CCC(CCO)(NC2CC2)CC1. The van der Waals surface area contributed by atoms with Crippen LogP contribution in [0.1, 0.15) is 32.1 Å². The molecule has 1 heterocycles. The van der Waals surface area contributed by atoms with Gasteiger partial charge < -0.3 is 15.3 Å². The van der Waals surface area contributed by atoms with Crippen molar-refractivity contribution in [3.05, 3.63) is 0 Å². The summed E-state index contributed by atoms with van der Waals surface area (Å²) in [5.41, 5.74) is 0.252. The maximum absolute atomic E-state index is 9.13. The van der Waals surface area contributed by atoms with Gasteiger partial charge in [0.2, 0.25) is 0 Å². The van der Waals surface area contributed by atoms with E-state index < -0.39 is 0 Å². The van der Waals surface area contributed by atoms with Gasteiger partial charge in [-0.05, 0) is 52.2 Å². The summed E-state index contributed by atoms with van der Waals surface area (Å²) in [5.74, 6) is 0. The van der Waals surface area contributed by atoms with Crippen LogP contribution in [-0.2, 0) is 0 Å². The molecule has 2 rings (SSSR count). The van der Waals surface area contributed by atoms with E-state index in [0.717, 1.165) is 12.5 Å². The number of hydrogen-bond donors (Lipinski definition) is 2. The molecule has 1 saturated carbocycles. The van der Waals surface area contributed by atoms with Crippen molar-refractivity contribution in [2.45, 2.75) is 43.7 Å². The van der Waals surface area contributed by atoms with Crippen LogP contribution in [0, 0.1) is 0 Å². The summed E-state index contributed by atoms with van der Waals surface area (Å²) in [4.78, 5) is 2.38. The molecule has 14 heavy (non-hydrogen) atoms. The molecule has 0 unspecified atom stereocenters. The molecule has 2 fully saturated rings. The van der Waals surface area contributed by atoms with E-state index in [4.69, 9.17) is 5.11 Å². The summed E-state index contributed by atoms with van der Waals surface area (Å²) in [6.45, 7) is 2.66. The van der Waals surface area contributed by atoms with Crippen molar-refractivity contribution in [2.75, 3.05) is 26.7 Å². The van der Waals surface area contributed by atoms with Gasteiger partial charge in [0.1, 0.15) is 0 Å². The quantitative estimate of drug-likeness (QED) is 0.694. The second-order valence-electron chi connectivity index (χ2n) is 4.98. The largest absolute Gasteiger partial charge is 0.396 e. The lowest BCUT2D eigenvalue weighted by atomic mass is 9.84. The highest BCUT2D eigenvalue weighted by Gasteiger charge is 2.37. The monoisotopic (exact) mass is 198 g/mol. The first-order valence-corrected chi connectivity index (χ1v) is 5.81. The Hall–Kier alpha value is -0.120. The zero-order valence-electron chi connectivity index (χ0n) is 9.13. The van der Waals surface area contributed by atoms with Crippen LogP contribution in [0.2, 0.25) is 0 Å². The lowest BCUT2D eigenvalue weighted by Gasteiger charge is -2.41. The van der Waals surface area contributed by atoms with Crippen molar-refractivity contribution in [3.63, 3.8) is 0 Å². The smallest absolute Gasteiger partial charge is 0.0448 e. The third kappa shape index (κ3) is 2.47. The number of aliphatic hydroxyl groups excluding tert-OH is 1. The molecule has 0 amide bonds. The van der Waals surface area contributed by atoms with E-state index in [1.807, 2.05) is 0 Å². The summed E-state index contributed by atoms with van der Waals surface area (Å²) in [7, 11) is 2.18. The summed E-state index contributed by atoms with van der Waals surface area (Å²) in [6, 6.07) is 0.755. The summed E-state index contributed by atoms with van der Waals surface area (Å²) in [6.07, 6.45) is 5.99. The van der Waals surface area contributed by atoms with Crippen LogP contribution in [0.3, 0.4) is 0 Å². The Labute approximate surface area is 86.5 Å². The van der Waals surface area contributed by atoms with Crippen LogP contribution in [-0.4, -0.2) is 48.3 Å². The Morgan fingerprint density at radius 1 is 1.36 bits per heavy atom. The molecular weight excluding hydrogens is 176 g/mol. The first-order chi connectivity index (χ1) is 6.74. The maximum Gasteiger partial charge on any atom is 0.0448 e. The van der Waals surface area contributed by atoms with E-state index in [0.29, 0.717) is 6.61 Å². The van der Waals surface area contributed by atoms with E-state index in [1.54, 1.807) is 0 Å². The van der Waals surface area contributed by atoms with Crippen molar-refractivity contribution in [3.8, 4) is 0 Å². The first-order valence-electron chi connectivity index (χ1n) is 5.81. The number of nitrogens with one attached hydrogen (secondary N) is 1. The normalized spacial score (nSPS) is 27.9. The predicted octanol–water partition coefficient (Wildman–Crippen LogP) is 0.585.